The number of carbonyl (C=O) groups excluding carboxylic acids is 1. The Morgan fingerprint density at radius 1 is 1.35 bits per heavy atom. The Hall–Kier alpha value is -1.43. The van der Waals surface area contributed by atoms with E-state index in [-0.39, 0.29) is 18.4 Å². The van der Waals surface area contributed by atoms with Crippen LogP contribution in [0.3, 0.4) is 0 Å². The van der Waals surface area contributed by atoms with Crippen molar-refractivity contribution in [2.45, 2.75) is 18.8 Å². The summed E-state index contributed by atoms with van der Waals surface area (Å²) in [7, 11) is 0. The first-order valence-corrected chi connectivity index (χ1v) is 7.13. The van der Waals surface area contributed by atoms with Gasteiger partial charge in [0.05, 0.1) is 5.92 Å². The van der Waals surface area contributed by atoms with E-state index in [0.29, 0.717) is 12.5 Å². The first-order valence-electron chi connectivity index (χ1n) is 7.13. The molecule has 2 rings (SSSR count). The maximum atomic E-state index is 12.0. The average Bonchev–Trinajstić information content (AvgIpc) is 2.53. The van der Waals surface area contributed by atoms with Crippen LogP contribution in [0.25, 0.3) is 0 Å². The number of hydrazine groups is 1. The van der Waals surface area contributed by atoms with Gasteiger partial charge in [-0.15, -0.1) is 0 Å². The van der Waals surface area contributed by atoms with Crippen molar-refractivity contribution in [2.24, 2.45) is 11.8 Å². The number of aliphatic hydroxyl groups excluding tert-OH is 1. The van der Waals surface area contributed by atoms with E-state index in [9.17, 15) is 4.79 Å². The molecule has 20 heavy (non-hydrogen) atoms. The highest BCUT2D eigenvalue weighted by atomic mass is 16.3. The van der Waals surface area contributed by atoms with E-state index in [2.05, 4.69) is 10.3 Å². The molecule has 110 valence electrons. The third kappa shape index (κ3) is 3.79. The lowest BCUT2D eigenvalue weighted by Gasteiger charge is -2.33. The van der Waals surface area contributed by atoms with Crippen LogP contribution in [-0.4, -0.2) is 42.2 Å². The second kappa shape index (κ2) is 7.38. The predicted molar refractivity (Wildman–Crippen MR) is 77.8 cm³/mol. The van der Waals surface area contributed by atoms with E-state index in [4.69, 9.17) is 10.9 Å². The van der Waals surface area contributed by atoms with Crippen LogP contribution in [0.1, 0.15) is 24.3 Å². The Labute approximate surface area is 119 Å². The molecular weight excluding hydrogens is 254 g/mol. The van der Waals surface area contributed by atoms with Crippen molar-refractivity contribution >= 4 is 5.91 Å². The van der Waals surface area contributed by atoms with Crippen LogP contribution in [0.4, 0.5) is 0 Å². The summed E-state index contributed by atoms with van der Waals surface area (Å²) in [6.07, 6.45) is 1.98. The number of amides is 1. The number of nitrogens with one attached hydrogen (secondary N) is 1. The minimum Gasteiger partial charge on any atom is -0.396 e. The SMILES string of the molecule is NNC(=O)C(CN1CCC(CO)CC1)c1ccccc1. The molecule has 0 radical (unpaired) electrons. The quantitative estimate of drug-likeness (QED) is 0.415. The summed E-state index contributed by atoms with van der Waals surface area (Å²) in [4.78, 5) is 14.3. The molecule has 4 N–H and O–H groups in total. The van der Waals surface area contributed by atoms with Gasteiger partial charge in [-0.2, -0.15) is 0 Å². The molecule has 0 spiro atoms. The molecule has 0 aliphatic carbocycles. The molecule has 1 aromatic rings. The predicted octanol–water partition coefficient (Wildman–Crippen LogP) is 0.464. The average molecular weight is 277 g/mol. The molecule has 1 heterocycles. The monoisotopic (exact) mass is 277 g/mol. The first-order chi connectivity index (χ1) is 9.74. The number of aliphatic hydroxyl groups is 1. The second-order valence-electron chi connectivity index (χ2n) is 5.40. The molecule has 1 saturated heterocycles. The van der Waals surface area contributed by atoms with Crippen molar-refractivity contribution in [3.05, 3.63) is 35.9 Å². The summed E-state index contributed by atoms with van der Waals surface area (Å²) >= 11 is 0. The van der Waals surface area contributed by atoms with Gasteiger partial charge in [0.2, 0.25) is 5.91 Å². The molecular formula is C15H23N3O2. The summed E-state index contributed by atoms with van der Waals surface area (Å²) < 4.78 is 0. The first kappa shape index (κ1) is 15.0. The van der Waals surface area contributed by atoms with Gasteiger partial charge in [-0.25, -0.2) is 5.84 Å². The molecule has 1 aromatic carbocycles. The fourth-order valence-corrected chi connectivity index (χ4v) is 2.74. The molecule has 0 aromatic heterocycles. The van der Waals surface area contributed by atoms with Crippen LogP contribution in [0.2, 0.25) is 0 Å². The van der Waals surface area contributed by atoms with Crippen molar-refractivity contribution in [1.29, 1.82) is 0 Å². The minimum atomic E-state index is -0.244. The normalized spacial score (nSPS) is 18.7. The lowest BCUT2D eigenvalue weighted by atomic mass is 9.94. The molecule has 1 fully saturated rings. The van der Waals surface area contributed by atoms with Crippen molar-refractivity contribution in [1.82, 2.24) is 10.3 Å². The number of nitrogens with zero attached hydrogens (tertiary/aromatic N) is 1. The molecule has 1 aliphatic heterocycles. The van der Waals surface area contributed by atoms with Crippen LogP contribution in [0, 0.1) is 5.92 Å². The van der Waals surface area contributed by atoms with Crippen LogP contribution in [0.15, 0.2) is 30.3 Å². The van der Waals surface area contributed by atoms with Gasteiger partial charge < -0.3 is 10.0 Å². The number of nitrogens with two attached hydrogens (primary N) is 1. The number of hydrogen-bond donors (Lipinski definition) is 3. The van der Waals surface area contributed by atoms with Crippen LogP contribution in [-0.2, 0) is 4.79 Å². The molecule has 1 amide bonds. The Bertz CT molecular complexity index is 416. The highest BCUT2D eigenvalue weighted by molar-refractivity contribution is 5.83. The Kier molecular flexibility index (Phi) is 5.52. The van der Waals surface area contributed by atoms with Gasteiger partial charge in [0.25, 0.3) is 0 Å². The van der Waals surface area contributed by atoms with E-state index in [1.807, 2.05) is 30.3 Å². The Morgan fingerprint density at radius 3 is 2.55 bits per heavy atom. The number of hydrogen-bond acceptors (Lipinski definition) is 4. The van der Waals surface area contributed by atoms with Gasteiger partial charge in [-0.1, -0.05) is 30.3 Å². The van der Waals surface area contributed by atoms with Crippen LogP contribution in [0.5, 0.6) is 0 Å². The van der Waals surface area contributed by atoms with Crippen molar-refractivity contribution in [3.8, 4) is 0 Å². The third-order valence-electron chi connectivity index (χ3n) is 4.07. The van der Waals surface area contributed by atoms with E-state index >= 15 is 0 Å². The highest BCUT2D eigenvalue weighted by Gasteiger charge is 2.25. The lowest BCUT2D eigenvalue weighted by Crippen LogP contribution is -2.43. The fraction of sp³-hybridized carbons (Fsp3) is 0.533. The zero-order chi connectivity index (χ0) is 14.4. The summed E-state index contributed by atoms with van der Waals surface area (Å²) in [5.41, 5.74) is 3.25. The molecule has 0 saturated carbocycles. The van der Waals surface area contributed by atoms with Gasteiger partial charge in [0, 0.05) is 13.2 Å². The molecule has 5 nitrogen and oxygen atoms in total. The van der Waals surface area contributed by atoms with E-state index in [1.54, 1.807) is 0 Å². The van der Waals surface area contributed by atoms with E-state index < -0.39 is 0 Å². The van der Waals surface area contributed by atoms with Crippen LogP contribution < -0.4 is 11.3 Å². The van der Waals surface area contributed by atoms with Crippen molar-refractivity contribution in [3.63, 3.8) is 0 Å². The zero-order valence-electron chi connectivity index (χ0n) is 11.7. The van der Waals surface area contributed by atoms with E-state index in [1.165, 1.54) is 0 Å². The molecule has 1 unspecified atom stereocenters. The number of carbonyl (C=O) groups is 1. The Morgan fingerprint density at radius 2 is 2.00 bits per heavy atom. The largest absolute Gasteiger partial charge is 0.396 e. The topological polar surface area (TPSA) is 78.6 Å². The number of likely N-dealkylation sites (tertiary alicyclic amines) is 1. The summed E-state index contributed by atoms with van der Waals surface area (Å²) in [6.45, 7) is 2.78. The van der Waals surface area contributed by atoms with Gasteiger partial charge in [-0.3, -0.25) is 10.2 Å². The highest BCUT2D eigenvalue weighted by Crippen LogP contribution is 2.22. The maximum absolute atomic E-state index is 12.0. The molecule has 5 heteroatoms. The van der Waals surface area contributed by atoms with Crippen LogP contribution >= 0.6 is 0 Å². The maximum Gasteiger partial charge on any atom is 0.242 e. The molecule has 1 aliphatic rings. The van der Waals surface area contributed by atoms with Crippen molar-refractivity contribution < 1.29 is 9.90 Å². The van der Waals surface area contributed by atoms with Gasteiger partial charge in [0.1, 0.15) is 0 Å². The Balaban J connectivity index is 2.00. The van der Waals surface area contributed by atoms with Crippen molar-refractivity contribution in [2.75, 3.05) is 26.2 Å². The standard InChI is InChI=1S/C15H23N3O2/c16-17-15(20)14(13-4-2-1-3-5-13)10-18-8-6-12(11-19)7-9-18/h1-5,12,14,19H,6-11,16H2,(H,17,20). The minimum absolute atomic E-state index is 0.152. The summed E-state index contributed by atoms with van der Waals surface area (Å²) in [5.74, 6) is 5.32. The fourth-order valence-electron chi connectivity index (χ4n) is 2.74. The molecule has 0 bridgehead atoms. The smallest absolute Gasteiger partial charge is 0.242 e. The summed E-state index contributed by atoms with van der Waals surface area (Å²) in [6, 6.07) is 9.72. The number of piperidine rings is 1. The number of rotatable bonds is 5. The molecule has 1 atom stereocenters. The third-order valence-corrected chi connectivity index (χ3v) is 4.07. The van der Waals surface area contributed by atoms with E-state index in [0.717, 1.165) is 31.5 Å². The van der Waals surface area contributed by atoms with Gasteiger partial charge >= 0.3 is 0 Å². The summed E-state index contributed by atoms with van der Waals surface area (Å²) in [5, 5.41) is 9.16. The second-order valence-corrected chi connectivity index (χ2v) is 5.40. The number of benzene rings is 1. The van der Waals surface area contributed by atoms with Gasteiger partial charge in [-0.05, 0) is 37.4 Å². The lowest BCUT2D eigenvalue weighted by molar-refractivity contribution is -0.123. The van der Waals surface area contributed by atoms with Gasteiger partial charge in [0.15, 0.2) is 0 Å². The zero-order valence-corrected chi connectivity index (χ0v) is 11.7.